The Kier molecular flexibility index (Phi) is 6.83. The second-order valence-electron chi connectivity index (χ2n) is 9.51. The van der Waals surface area contributed by atoms with Gasteiger partial charge in [-0.15, -0.1) is 0 Å². The van der Waals surface area contributed by atoms with E-state index in [0.717, 1.165) is 44.5 Å². The summed E-state index contributed by atoms with van der Waals surface area (Å²) >= 11 is 7.01. The van der Waals surface area contributed by atoms with Crippen LogP contribution >= 0.6 is 11.6 Å². The maximum Gasteiger partial charge on any atom is 0.126 e. The number of furan rings is 1. The summed E-state index contributed by atoms with van der Waals surface area (Å²) in [4.78, 5) is 4.70. The Morgan fingerprint density at radius 2 is 1.60 bits per heavy atom. The molecule has 0 amide bonds. The van der Waals surface area contributed by atoms with Crippen molar-refractivity contribution in [2.24, 2.45) is 0 Å². The van der Waals surface area contributed by atoms with Gasteiger partial charge in [0.05, 0.1) is 17.8 Å². The number of nitrogens with one attached hydrogen (secondary N) is 2. The molecule has 0 saturated heterocycles. The number of nitrogens with zero attached hydrogens (tertiary/aromatic N) is 1. The predicted molar refractivity (Wildman–Crippen MR) is 146 cm³/mol. The van der Waals surface area contributed by atoms with Gasteiger partial charge >= 0.3 is 0 Å². The molecule has 2 N–H and O–H groups in total. The van der Waals surface area contributed by atoms with Gasteiger partial charge in [-0.3, -0.25) is 0 Å². The highest BCUT2D eigenvalue weighted by atomic mass is 35.5. The number of hydrogen-bond donors (Lipinski definition) is 2. The predicted octanol–water partition coefficient (Wildman–Crippen LogP) is 8.55. The second kappa shape index (κ2) is 10.2. The molecule has 0 bridgehead atoms. The quantitative estimate of drug-likeness (QED) is 0.275. The zero-order valence-electron chi connectivity index (χ0n) is 20.6. The Balaban J connectivity index is 1.40. The third kappa shape index (κ3) is 4.94. The van der Waals surface area contributed by atoms with Crippen LogP contribution in [0.15, 0.2) is 65.4 Å². The van der Waals surface area contributed by atoms with E-state index >= 15 is 0 Å². The average molecular weight is 486 g/mol. The third-order valence-electron chi connectivity index (χ3n) is 7.22. The second-order valence-corrected chi connectivity index (χ2v) is 9.89. The maximum absolute atomic E-state index is 7.01. The van der Waals surface area contributed by atoms with Gasteiger partial charge in [0.1, 0.15) is 11.6 Å². The summed E-state index contributed by atoms with van der Waals surface area (Å²) in [6.07, 6.45) is 8.71. The molecule has 1 aliphatic carbocycles. The Morgan fingerprint density at radius 1 is 0.886 bits per heavy atom. The van der Waals surface area contributed by atoms with E-state index in [9.17, 15) is 0 Å². The van der Waals surface area contributed by atoms with E-state index in [1.54, 1.807) is 6.26 Å². The highest BCUT2D eigenvalue weighted by Crippen LogP contribution is 2.42. The van der Waals surface area contributed by atoms with E-state index in [1.807, 2.05) is 18.3 Å². The van der Waals surface area contributed by atoms with E-state index in [0.29, 0.717) is 12.6 Å². The van der Waals surface area contributed by atoms with Crippen LogP contribution in [0, 0.1) is 20.8 Å². The lowest BCUT2D eigenvalue weighted by atomic mass is 9.87. The van der Waals surface area contributed by atoms with Gasteiger partial charge in [0.15, 0.2) is 0 Å². The molecule has 0 spiro atoms. The van der Waals surface area contributed by atoms with Crippen LogP contribution in [0.25, 0.3) is 22.3 Å². The average Bonchev–Trinajstić information content (AvgIpc) is 3.58. The lowest BCUT2D eigenvalue weighted by Gasteiger charge is -2.20. The van der Waals surface area contributed by atoms with Crippen LogP contribution in [0.3, 0.4) is 0 Å². The third-order valence-corrected chi connectivity index (χ3v) is 7.69. The molecule has 5 heteroatoms. The number of aromatic nitrogens is 1. The van der Waals surface area contributed by atoms with Gasteiger partial charge in [0, 0.05) is 29.1 Å². The monoisotopic (exact) mass is 485 g/mol. The molecule has 35 heavy (non-hydrogen) atoms. The number of pyridine rings is 1. The fourth-order valence-electron chi connectivity index (χ4n) is 5.16. The molecule has 4 aromatic rings. The molecule has 2 aromatic carbocycles. The van der Waals surface area contributed by atoms with Crippen LogP contribution in [0.1, 0.15) is 48.1 Å². The molecule has 180 valence electrons. The summed E-state index contributed by atoms with van der Waals surface area (Å²) in [7, 11) is 0. The summed E-state index contributed by atoms with van der Waals surface area (Å²) in [5.41, 5.74) is 9.06. The number of benzene rings is 2. The first-order valence-corrected chi connectivity index (χ1v) is 12.8. The Morgan fingerprint density at radius 3 is 2.26 bits per heavy atom. The van der Waals surface area contributed by atoms with Crippen molar-refractivity contribution < 1.29 is 4.42 Å². The number of anilines is 2. The van der Waals surface area contributed by atoms with Gasteiger partial charge in [-0.25, -0.2) is 4.98 Å². The van der Waals surface area contributed by atoms with Crippen molar-refractivity contribution in [2.75, 3.05) is 10.6 Å². The van der Waals surface area contributed by atoms with Crippen molar-refractivity contribution in [2.45, 2.75) is 59.0 Å². The molecule has 0 unspecified atom stereocenters. The summed E-state index contributed by atoms with van der Waals surface area (Å²) in [5, 5.41) is 7.77. The zero-order chi connectivity index (χ0) is 24.4. The largest absolute Gasteiger partial charge is 0.467 e. The Hall–Kier alpha value is -3.24. The molecular weight excluding hydrogens is 454 g/mol. The number of rotatable bonds is 7. The van der Waals surface area contributed by atoms with Crippen LogP contribution < -0.4 is 10.6 Å². The van der Waals surface area contributed by atoms with E-state index in [1.165, 1.54) is 42.4 Å². The van der Waals surface area contributed by atoms with Gasteiger partial charge in [0.25, 0.3) is 0 Å². The summed E-state index contributed by atoms with van der Waals surface area (Å²) in [5.74, 6) is 1.86. The molecule has 4 nitrogen and oxygen atoms in total. The van der Waals surface area contributed by atoms with Crippen LogP contribution in [0.4, 0.5) is 11.5 Å². The van der Waals surface area contributed by atoms with Gasteiger partial charge in [0.2, 0.25) is 0 Å². The fraction of sp³-hybridized carbons (Fsp3) is 0.300. The fourth-order valence-corrected chi connectivity index (χ4v) is 5.50. The van der Waals surface area contributed by atoms with E-state index in [-0.39, 0.29) is 0 Å². The molecule has 1 aliphatic rings. The van der Waals surface area contributed by atoms with Crippen molar-refractivity contribution in [1.29, 1.82) is 0 Å². The number of hydrogen-bond acceptors (Lipinski definition) is 4. The Bertz CT molecular complexity index is 1260. The van der Waals surface area contributed by atoms with Gasteiger partial charge < -0.3 is 15.1 Å². The first-order chi connectivity index (χ1) is 17.0. The van der Waals surface area contributed by atoms with Crippen molar-refractivity contribution >= 4 is 23.1 Å². The van der Waals surface area contributed by atoms with Crippen LogP contribution in [0.2, 0.25) is 5.02 Å². The van der Waals surface area contributed by atoms with Gasteiger partial charge in [-0.05, 0) is 97.8 Å². The van der Waals surface area contributed by atoms with Crippen molar-refractivity contribution in [3.05, 3.63) is 88.5 Å². The lowest BCUT2D eigenvalue weighted by Crippen LogP contribution is -2.15. The van der Waals surface area contributed by atoms with Crippen molar-refractivity contribution in [1.82, 2.24) is 4.98 Å². The van der Waals surface area contributed by atoms with Crippen LogP contribution in [-0.4, -0.2) is 11.0 Å². The Labute approximate surface area is 212 Å². The minimum absolute atomic E-state index is 0.550. The summed E-state index contributed by atoms with van der Waals surface area (Å²) < 4.78 is 5.40. The minimum atomic E-state index is 0.550. The summed E-state index contributed by atoms with van der Waals surface area (Å²) in [6.45, 7) is 7.11. The van der Waals surface area contributed by atoms with E-state index < -0.39 is 0 Å². The topological polar surface area (TPSA) is 50.1 Å². The highest BCUT2D eigenvalue weighted by Gasteiger charge is 2.19. The maximum atomic E-state index is 7.01. The molecule has 2 aromatic heterocycles. The highest BCUT2D eigenvalue weighted by molar-refractivity contribution is 6.35. The smallest absolute Gasteiger partial charge is 0.126 e. The molecule has 1 fully saturated rings. The number of halogens is 1. The first-order valence-electron chi connectivity index (χ1n) is 12.4. The van der Waals surface area contributed by atoms with Crippen molar-refractivity contribution in [3.8, 4) is 22.3 Å². The normalized spacial score (nSPS) is 13.8. The van der Waals surface area contributed by atoms with Crippen LogP contribution in [0.5, 0.6) is 0 Å². The minimum Gasteiger partial charge on any atom is -0.467 e. The first kappa shape index (κ1) is 23.5. The lowest BCUT2D eigenvalue weighted by molar-refractivity contribution is 0.518. The molecule has 5 rings (SSSR count). The zero-order valence-corrected chi connectivity index (χ0v) is 21.4. The van der Waals surface area contributed by atoms with E-state index in [4.69, 9.17) is 21.0 Å². The van der Waals surface area contributed by atoms with Gasteiger partial charge in [-0.2, -0.15) is 0 Å². The van der Waals surface area contributed by atoms with E-state index in [2.05, 4.69) is 67.8 Å². The van der Waals surface area contributed by atoms with Crippen molar-refractivity contribution in [3.63, 3.8) is 0 Å². The molecular formula is C30H32ClN3O. The molecule has 0 aliphatic heterocycles. The molecule has 0 atom stereocenters. The SMILES string of the molecule is Cc1c(C)c(-c2ccc(NC3CCCC3)nc2)c(Cl)c(C)c1-c1ccc(NCc2ccco2)cc1. The molecule has 2 heterocycles. The molecule has 0 radical (unpaired) electrons. The van der Waals surface area contributed by atoms with Crippen LogP contribution in [-0.2, 0) is 6.54 Å². The summed E-state index contributed by atoms with van der Waals surface area (Å²) in [6, 6.07) is 17.2. The standard InChI is InChI=1S/C30H32ClN3O/c1-19-20(2)29(23-12-15-27(33-17-23)34-25-7-4-5-8-25)30(31)21(3)28(19)22-10-13-24(14-11-22)32-18-26-9-6-16-35-26/h6,9-17,25,32H,4-5,7-8,18H2,1-3H3,(H,33,34). The molecule has 1 saturated carbocycles. The van der Waals surface area contributed by atoms with Gasteiger partial charge in [-0.1, -0.05) is 36.6 Å².